The molecule has 1 N–H and O–H groups in total. The molecule has 3 rings (SSSR count). The number of hydrogen-bond donors (Lipinski definition) is 1. The van der Waals surface area contributed by atoms with E-state index in [0.717, 1.165) is 6.42 Å². The molecule has 46 heavy (non-hydrogen) atoms. The Morgan fingerprint density at radius 1 is 1.02 bits per heavy atom. The zero-order valence-electron chi connectivity index (χ0n) is 29.8. The van der Waals surface area contributed by atoms with Gasteiger partial charge in [-0.3, -0.25) is 14.4 Å². The molecule has 0 spiro atoms. The van der Waals surface area contributed by atoms with Gasteiger partial charge in [0.25, 0.3) is 0 Å². The Morgan fingerprint density at radius 3 is 2.22 bits per heavy atom. The quantitative estimate of drug-likeness (QED) is 0.255. The molecule has 0 aliphatic carbocycles. The third-order valence-electron chi connectivity index (χ3n) is 10.6. The van der Waals surface area contributed by atoms with Gasteiger partial charge in [0.1, 0.15) is 23.9 Å². The highest BCUT2D eigenvalue weighted by Gasteiger charge is 2.58. The molecule has 0 bridgehead atoms. The Morgan fingerprint density at radius 2 is 1.65 bits per heavy atom. The second-order valence-corrected chi connectivity index (χ2v) is 14.9. The lowest BCUT2D eigenvalue weighted by molar-refractivity contribution is -0.282. The number of nitrogens with zero attached hydrogens (tertiary/aromatic N) is 1. The van der Waals surface area contributed by atoms with Crippen LogP contribution in [0.25, 0.3) is 0 Å². The van der Waals surface area contributed by atoms with Crippen LogP contribution in [0.4, 0.5) is 4.79 Å². The minimum atomic E-state index is -1.61. The van der Waals surface area contributed by atoms with Gasteiger partial charge in [-0.15, -0.1) is 6.42 Å². The number of ether oxygens (including phenoxy) is 5. The number of fused-ring (bicyclic) bond motifs is 1. The average Bonchev–Trinajstić information content (AvgIpc) is 3.30. The van der Waals surface area contributed by atoms with Gasteiger partial charge in [0.15, 0.2) is 17.7 Å². The van der Waals surface area contributed by atoms with Gasteiger partial charge in [0.05, 0.1) is 23.9 Å². The van der Waals surface area contributed by atoms with E-state index < -0.39 is 76.8 Å². The lowest BCUT2D eigenvalue weighted by Crippen LogP contribution is -2.60. The first-order valence-corrected chi connectivity index (χ1v) is 16.6. The zero-order chi connectivity index (χ0) is 34.9. The predicted octanol–water partition coefficient (Wildman–Crippen LogP) is 4.15. The van der Waals surface area contributed by atoms with Gasteiger partial charge in [0, 0.05) is 29.7 Å². The first-order valence-electron chi connectivity index (χ1n) is 16.6. The Hall–Kier alpha value is -2.52. The summed E-state index contributed by atoms with van der Waals surface area (Å²) >= 11 is 0. The Balaban J connectivity index is 2.18. The second kappa shape index (κ2) is 14.3. The molecule has 3 aliphatic heterocycles. The number of carbonyl (C=O) groups is 4. The number of Topliss-reactive ketones (excluding diaryl/α,β-unsaturated/α-hetero) is 2. The van der Waals surface area contributed by atoms with Gasteiger partial charge in [-0.25, -0.2) is 4.79 Å². The van der Waals surface area contributed by atoms with Crippen molar-refractivity contribution < 1.29 is 42.9 Å². The van der Waals surface area contributed by atoms with E-state index in [4.69, 9.17) is 30.1 Å². The predicted molar refractivity (Wildman–Crippen MR) is 172 cm³/mol. The van der Waals surface area contributed by atoms with Crippen molar-refractivity contribution in [2.45, 2.75) is 136 Å². The first kappa shape index (κ1) is 37.9. The van der Waals surface area contributed by atoms with Crippen molar-refractivity contribution >= 4 is 23.6 Å². The van der Waals surface area contributed by atoms with Crippen molar-refractivity contribution in [3.8, 4) is 12.3 Å². The zero-order valence-corrected chi connectivity index (χ0v) is 29.8. The Labute approximate surface area is 275 Å². The van der Waals surface area contributed by atoms with E-state index in [1.54, 1.807) is 41.5 Å². The highest BCUT2D eigenvalue weighted by Crippen LogP contribution is 2.42. The molecule has 11 nitrogen and oxygen atoms in total. The van der Waals surface area contributed by atoms with Crippen molar-refractivity contribution in [3.05, 3.63) is 0 Å². The van der Waals surface area contributed by atoms with E-state index in [1.165, 1.54) is 13.8 Å². The van der Waals surface area contributed by atoms with E-state index in [1.807, 2.05) is 27.9 Å². The highest BCUT2D eigenvalue weighted by molar-refractivity contribution is 6.04. The van der Waals surface area contributed by atoms with Gasteiger partial charge >= 0.3 is 12.1 Å². The number of hydrogen-bond acceptors (Lipinski definition) is 10. The second-order valence-electron chi connectivity index (χ2n) is 14.9. The van der Waals surface area contributed by atoms with Gasteiger partial charge in [-0.1, -0.05) is 40.5 Å². The number of terminal acetylenes is 1. The molecule has 3 aliphatic rings. The maximum atomic E-state index is 14.4. The molecule has 0 unspecified atom stereocenters. The summed E-state index contributed by atoms with van der Waals surface area (Å²) < 4.78 is 31.3. The van der Waals surface area contributed by atoms with Crippen LogP contribution in [0.15, 0.2) is 0 Å². The highest BCUT2D eigenvalue weighted by atomic mass is 16.7. The maximum absolute atomic E-state index is 14.4. The molecule has 260 valence electrons. The van der Waals surface area contributed by atoms with E-state index >= 15 is 0 Å². The molecule has 0 aromatic carbocycles. The molecule has 12 atom stereocenters. The molecule has 3 fully saturated rings. The van der Waals surface area contributed by atoms with Gasteiger partial charge in [-0.05, 0) is 68.0 Å². The normalized spacial score (nSPS) is 42.3. The van der Waals surface area contributed by atoms with E-state index in [9.17, 15) is 19.2 Å². The fourth-order valence-corrected chi connectivity index (χ4v) is 7.84. The molecule has 1 amide bonds. The summed E-state index contributed by atoms with van der Waals surface area (Å²) in [6.07, 6.45) is 3.49. The largest absolute Gasteiger partial charge is 0.457 e. The van der Waals surface area contributed by atoms with Crippen molar-refractivity contribution in [2.75, 3.05) is 20.7 Å². The summed E-state index contributed by atoms with van der Waals surface area (Å²) in [7, 11) is 4.03. The van der Waals surface area contributed by atoms with Crippen LogP contribution in [0.1, 0.15) is 88.5 Å². The monoisotopic (exact) mass is 648 g/mol. The number of amides is 1. The number of rotatable bonds is 6. The number of cyclic esters (lactones) is 1. The minimum absolute atomic E-state index is 0.0792. The summed E-state index contributed by atoms with van der Waals surface area (Å²) in [5, 5.41) is 2.79. The van der Waals surface area contributed by atoms with Crippen LogP contribution < -0.4 is 5.32 Å². The SMILES string of the molecule is C#CCO[C@@]1(C)C[C@@H](C)C(=O)[C@H](C)[C@H]2NC(=O)O[C@]2(C)[C@@H](CC)OC(=O)C(C)(C)C(=O)[C@H](C)[C@H]1O[C@@H]1O[C@H](C)C[C@H](N(C)C)[C@H]1C. The van der Waals surface area contributed by atoms with Crippen molar-refractivity contribution in [3.63, 3.8) is 0 Å². The van der Waals surface area contributed by atoms with Gasteiger partial charge in [0.2, 0.25) is 0 Å². The van der Waals surface area contributed by atoms with Crippen LogP contribution >= 0.6 is 0 Å². The topological polar surface area (TPSA) is 130 Å². The molecule has 0 aromatic heterocycles. The fourth-order valence-electron chi connectivity index (χ4n) is 7.84. The third-order valence-corrected chi connectivity index (χ3v) is 10.6. The fraction of sp³-hybridized carbons (Fsp3) is 0.829. The molecule has 3 saturated heterocycles. The Bertz CT molecular complexity index is 1200. The average molecular weight is 649 g/mol. The van der Waals surface area contributed by atoms with Crippen LogP contribution in [0.3, 0.4) is 0 Å². The molecule has 11 heteroatoms. The maximum Gasteiger partial charge on any atom is 0.408 e. The van der Waals surface area contributed by atoms with Gasteiger partial charge < -0.3 is 33.9 Å². The van der Waals surface area contributed by atoms with E-state index in [0.29, 0.717) is 0 Å². The molecule has 0 saturated carbocycles. The molecule has 0 radical (unpaired) electrons. The smallest absolute Gasteiger partial charge is 0.408 e. The number of esters is 1. The number of ketones is 2. The van der Waals surface area contributed by atoms with Crippen molar-refractivity contribution in [1.29, 1.82) is 0 Å². The third kappa shape index (κ3) is 7.30. The summed E-state index contributed by atoms with van der Waals surface area (Å²) in [5.74, 6) is -1.14. The standard InChI is InChI=1S/C35H56N2O9/c1-14-16-42-34(10)18-19(3)26(38)22(6)27-35(11,46-32(41)36-27)25(15-2)44-31(40)33(8,9)28(39)23(7)29(34)45-30-21(5)24(37(12)13)17-20(4)43-30/h1,19-25,27,29-30H,15-18H2,2-13H3,(H,36,41)/t19-,20-,21-,22+,23+,24+,25-,27-,29-,30+,34+,35-/m1/s1. The van der Waals surface area contributed by atoms with Crippen LogP contribution in [0, 0.1) is 41.4 Å². The number of nitrogens with one attached hydrogen (secondary N) is 1. The number of alkyl carbamates (subject to hydrolysis) is 1. The summed E-state index contributed by atoms with van der Waals surface area (Å²) in [6.45, 7) is 17.5. The van der Waals surface area contributed by atoms with Crippen LogP contribution in [0.5, 0.6) is 0 Å². The first-order chi connectivity index (χ1) is 21.2. The van der Waals surface area contributed by atoms with Crippen LogP contribution in [-0.2, 0) is 38.1 Å². The van der Waals surface area contributed by atoms with Crippen molar-refractivity contribution in [2.24, 2.45) is 29.1 Å². The van der Waals surface area contributed by atoms with E-state index in [2.05, 4.69) is 16.1 Å². The number of carbonyl (C=O) groups excluding carboxylic acids is 4. The molecule has 0 aromatic rings. The van der Waals surface area contributed by atoms with Crippen molar-refractivity contribution in [1.82, 2.24) is 10.2 Å². The molecular formula is C35H56N2O9. The lowest BCUT2D eigenvalue weighted by Gasteiger charge is -2.48. The Kier molecular flexibility index (Phi) is 11.8. The molecule has 3 heterocycles. The van der Waals surface area contributed by atoms with Crippen LogP contribution in [-0.4, -0.2) is 97.1 Å². The van der Waals surface area contributed by atoms with E-state index in [-0.39, 0.29) is 43.3 Å². The summed E-state index contributed by atoms with van der Waals surface area (Å²) in [5.41, 5.74) is -4.23. The van der Waals surface area contributed by atoms with Gasteiger partial charge in [-0.2, -0.15) is 0 Å². The summed E-state index contributed by atoms with van der Waals surface area (Å²) in [4.78, 5) is 57.2. The van der Waals surface area contributed by atoms with Crippen LogP contribution in [0.2, 0.25) is 0 Å². The molecular weight excluding hydrogens is 592 g/mol. The summed E-state index contributed by atoms with van der Waals surface area (Å²) in [6, 6.07) is -0.646. The minimum Gasteiger partial charge on any atom is -0.457 e. The lowest BCUT2D eigenvalue weighted by atomic mass is 9.71.